The molecule has 0 unspecified atom stereocenters. The maximum Gasteiger partial charge on any atom is 0.329 e. The minimum Gasteiger partial charge on any atom is -0.454 e. The highest BCUT2D eigenvalue weighted by atomic mass is 32.1. The fraction of sp³-hybridized carbons (Fsp3) is 0.286. The van der Waals surface area contributed by atoms with Crippen LogP contribution in [0, 0.1) is 6.92 Å². The van der Waals surface area contributed by atoms with Gasteiger partial charge in [0.25, 0.3) is 5.91 Å². The molecule has 0 radical (unpaired) electrons. The average molecular weight is 458 g/mol. The number of benzene rings is 1. The number of nitrogens with zero attached hydrogens (tertiary/aromatic N) is 1. The van der Waals surface area contributed by atoms with E-state index < -0.39 is 36.3 Å². The normalized spacial score (nSPS) is 11.6. The fourth-order valence-electron chi connectivity index (χ4n) is 3.04. The van der Waals surface area contributed by atoms with Crippen LogP contribution in [0.25, 0.3) is 10.9 Å². The molecule has 0 fully saturated rings. The summed E-state index contributed by atoms with van der Waals surface area (Å²) in [6.45, 7) is 2.50. The summed E-state index contributed by atoms with van der Waals surface area (Å²) < 4.78 is 5.04. The highest BCUT2D eigenvalue weighted by Crippen LogP contribution is 2.19. The molecular formula is C21H23N5O5S. The molecule has 1 aromatic carbocycles. The monoisotopic (exact) mass is 457 g/mol. The second-order valence-corrected chi connectivity index (χ2v) is 8.02. The lowest BCUT2D eigenvalue weighted by Crippen LogP contribution is -2.46. The predicted molar refractivity (Wildman–Crippen MR) is 117 cm³/mol. The number of amides is 3. The van der Waals surface area contributed by atoms with Crippen molar-refractivity contribution in [3.8, 4) is 0 Å². The van der Waals surface area contributed by atoms with Crippen LogP contribution >= 0.6 is 11.3 Å². The fourth-order valence-corrected chi connectivity index (χ4v) is 3.81. The molecule has 168 valence electrons. The molecule has 2 aromatic heterocycles. The van der Waals surface area contributed by atoms with E-state index in [1.54, 1.807) is 6.20 Å². The summed E-state index contributed by atoms with van der Waals surface area (Å²) in [5.41, 5.74) is 6.97. The molecule has 3 rings (SSSR count). The zero-order valence-electron chi connectivity index (χ0n) is 17.6. The first-order chi connectivity index (χ1) is 15.3. The lowest BCUT2D eigenvalue weighted by Gasteiger charge is -2.16. The van der Waals surface area contributed by atoms with Gasteiger partial charge in [0, 0.05) is 41.5 Å². The number of ether oxygens (including phenoxy) is 1. The third-order valence-electron chi connectivity index (χ3n) is 4.43. The molecule has 4 N–H and O–H groups in total. The molecule has 3 aromatic rings. The molecule has 0 aliphatic heterocycles. The standard InChI is InChI=1S/C21H23N5O5S/c1-12-11-32-20(23-12)8-18(28)25-26-19(29)10-31-21(30)17(24-13(2)27)7-14-9-22-16-6-4-3-5-15(14)16/h3-6,9,11,17,22H,7-8,10H2,1-2H3,(H,24,27)(H,25,28)(H,26,29)/t17-/m0/s1. The summed E-state index contributed by atoms with van der Waals surface area (Å²) in [6.07, 6.45) is 1.97. The maximum atomic E-state index is 12.5. The Hall–Kier alpha value is -3.73. The summed E-state index contributed by atoms with van der Waals surface area (Å²) in [4.78, 5) is 55.1. The Labute approximate surface area is 187 Å². The van der Waals surface area contributed by atoms with E-state index in [-0.39, 0.29) is 12.8 Å². The number of carbonyl (C=O) groups is 4. The number of aromatic amines is 1. The number of hydrogen-bond donors (Lipinski definition) is 4. The largest absolute Gasteiger partial charge is 0.454 e. The number of hydrogen-bond acceptors (Lipinski definition) is 7. The van der Waals surface area contributed by atoms with Gasteiger partial charge in [-0.15, -0.1) is 11.3 Å². The molecule has 0 bridgehead atoms. The van der Waals surface area contributed by atoms with Crippen LogP contribution in [0.2, 0.25) is 0 Å². The lowest BCUT2D eigenvalue weighted by molar-refractivity contribution is -0.151. The number of thiazole rings is 1. The molecule has 0 spiro atoms. The number of H-pyrrole nitrogens is 1. The number of esters is 1. The number of rotatable bonds is 8. The first kappa shape index (κ1) is 22.9. The smallest absolute Gasteiger partial charge is 0.329 e. The molecule has 0 aliphatic rings. The minimum absolute atomic E-state index is 0.0216. The summed E-state index contributed by atoms with van der Waals surface area (Å²) in [5.74, 6) is -2.32. The van der Waals surface area contributed by atoms with Crippen LogP contribution in [-0.4, -0.2) is 46.3 Å². The van der Waals surface area contributed by atoms with Crippen LogP contribution in [0.3, 0.4) is 0 Å². The van der Waals surface area contributed by atoms with E-state index in [1.807, 2.05) is 36.6 Å². The van der Waals surface area contributed by atoms with Gasteiger partial charge in [-0.25, -0.2) is 9.78 Å². The second-order valence-electron chi connectivity index (χ2n) is 7.08. The molecular weight excluding hydrogens is 434 g/mol. The van der Waals surface area contributed by atoms with Gasteiger partial charge >= 0.3 is 5.97 Å². The van der Waals surface area contributed by atoms with E-state index in [0.717, 1.165) is 22.2 Å². The number of carbonyl (C=O) groups excluding carboxylic acids is 4. The number of hydrazine groups is 1. The van der Waals surface area contributed by atoms with Crippen molar-refractivity contribution in [3.63, 3.8) is 0 Å². The number of fused-ring (bicyclic) bond motifs is 1. The first-order valence-corrected chi connectivity index (χ1v) is 10.7. The van der Waals surface area contributed by atoms with Crippen molar-refractivity contribution in [1.29, 1.82) is 0 Å². The van der Waals surface area contributed by atoms with E-state index in [9.17, 15) is 19.2 Å². The van der Waals surface area contributed by atoms with Gasteiger partial charge in [0.1, 0.15) is 11.0 Å². The minimum atomic E-state index is -0.970. The van der Waals surface area contributed by atoms with Crippen LogP contribution in [-0.2, 0) is 36.8 Å². The average Bonchev–Trinajstić information content (AvgIpc) is 3.35. The molecule has 0 aliphatic carbocycles. The van der Waals surface area contributed by atoms with Crippen LogP contribution in [0.15, 0.2) is 35.8 Å². The molecule has 11 heteroatoms. The third-order valence-corrected chi connectivity index (χ3v) is 5.39. The molecule has 0 saturated heterocycles. The quantitative estimate of drug-likeness (QED) is 0.293. The van der Waals surface area contributed by atoms with E-state index in [1.165, 1.54) is 18.3 Å². The summed E-state index contributed by atoms with van der Waals surface area (Å²) in [6, 6.07) is 6.60. The lowest BCUT2D eigenvalue weighted by atomic mass is 10.0. The van der Waals surface area contributed by atoms with Gasteiger partial charge in [-0.3, -0.25) is 25.2 Å². The van der Waals surface area contributed by atoms with Crippen molar-refractivity contribution >= 4 is 45.9 Å². The molecule has 10 nitrogen and oxygen atoms in total. The Balaban J connectivity index is 1.50. The van der Waals surface area contributed by atoms with E-state index in [2.05, 4.69) is 26.1 Å². The van der Waals surface area contributed by atoms with E-state index in [0.29, 0.717) is 5.01 Å². The van der Waals surface area contributed by atoms with Crippen molar-refractivity contribution in [3.05, 3.63) is 52.1 Å². The van der Waals surface area contributed by atoms with Crippen molar-refractivity contribution in [2.75, 3.05) is 6.61 Å². The number of aromatic nitrogens is 2. The Morgan fingerprint density at radius 3 is 2.62 bits per heavy atom. The molecule has 3 amide bonds. The maximum absolute atomic E-state index is 12.5. The van der Waals surface area contributed by atoms with Crippen molar-refractivity contribution in [2.45, 2.75) is 32.7 Å². The second kappa shape index (κ2) is 10.5. The van der Waals surface area contributed by atoms with Gasteiger partial charge in [-0.05, 0) is 18.6 Å². The molecule has 0 saturated carbocycles. The number of para-hydroxylation sites is 1. The van der Waals surface area contributed by atoms with Gasteiger partial charge in [-0.2, -0.15) is 0 Å². The Morgan fingerprint density at radius 1 is 1.16 bits per heavy atom. The van der Waals surface area contributed by atoms with Gasteiger partial charge in [0.05, 0.1) is 6.42 Å². The predicted octanol–water partition coefficient (Wildman–Crippen LogP) is 0.913. The topological polar surface area (TPSA) is 142 Å². The van der Waals surface area contributed by atoms with Crippen molar-refractivity contribution in [1.82, 2.24) is 26.1 Å². The van der Waals surface area contributed by atoms with Gasteiger partial charge < -0.3 is 15.0 Å². The molecule has 32 heavy (non-hydrogen) atoms. The van der Waals surface area contributed by atoms with Crippen LogP contribution in [0.1, 0.15) is 23.2 Å². The van der Waals surface area contributed by atoms with E-state index in [4.69, 9.17) is 4.74 Å². The van der Waals surface area contributed by atoms with Gasteiger partial charge in [0.2, 0.25) is 11.8 Å². The highest BCUT2D eigenvalue weighted by Gasteiger charge is 2.24. The van der Waals surface area contributed by atoms with Crippen LogP contribution in [0.5, 0.6) is 0 Å². The van der Waals surface area contributed by atoms with Crippen LogP contribution in [0.4, 0.5) is 0 Å². The number of nitrogens with one attached hydrogen (secondary N) is 4. The Bertz CT molecular complexity index is 1140. The van der Waals surface area contributed by atoms with Crippen molar-refractivity contribution < 1.29 is 23.9 Å². The SMILES string of the molecule is CC(=O)N[C@@H](Cc1c[nH]c2ccccc12)C(=O)OCC(=O)NNC(=O)Cc1nc(C)cs1. The zero-order chi connectivity index (χ0) is 23.1. The zero-order valence-corrected chi connectivity index (χ0v) is 18.4. The first-order valence-electron chi connectivity index (χ1n) is 9.79. The van der Waals surface area contributed by atoms with Crippen LogP contribution < -0.4 is 16.2 Å². The highest BCUT2D eigenvalue weighted by molar-refractivity contribution is 7.09. The summed E-state index contributed by atoms with van der Waals surface area (Å²) in [7, 11) is 0. The number of aryl methyl sites for hydroxylation is 1. The summed E-state index contributed by atoms with van der Waals surface area (Å²) >= 11 is 1.35. The van der Waals surface area contributed by atoms with Gasteiger partial charge in [-0.1, -0.05) is 18.2 Å². The van der Waals surface area contributed by atoms with E-state index >= 15 is 0 Å². The summed E-state index contributed by atoms with van der Waals surface area (Å²) in [5, 5.41) is 5.92. The Morgan fingerprint density at radius 2 is 1.91 bits per heavy atom. The molecule has 2 heterocycles. The molecule has 1 atom stereocenters. The third kappa shape index (κ3) is 6.38. The Kier molecular flexibility index (Phi) is 7.55. The van der Waals surface area contributed by atoms with Gasteiger partial charge in [0.15, 0.2) is 6.61 Å². The van der Waals surface area contributed by atoms with Crippen molar-refractivity contribution in [2.24, 2.45) is 0 Å².